The SMILES string of the molecule is CC=CCN1CCC2C(C1)c1cccc3c1N2c1ccccc1CC3. The Morgan fingerprint density at radius 2 is 1.88 bits per heavy atom. The molecule has 5 rings (SSSR count). The van der Waals surface area contributed by atoms with E-state index < -0.39 is 0 Å². The van der Waals surface area contributed by atoms with Gasteiger partial charge in [-0.3, -0.25) is 4.90 Å². The molecular formula is C23H26N2. The number of nitrogens with zero attached hydrogens (tertiary/aromatic N) is 2. The lowest BCUT2D eigenvalue weighted by Crippen LogP contribution is -2.45. The van der Waals surface area contributed by atoms with E-state index in [1.807, 2.05) is 0 Å². The van der Waals surface area contributed by atoms with Crippen molar-refractivity contribution in [3.8, 4) is 0 Å². The maximum absolute atomic E-state index is 2.71. The van der Waals surface area contributed by atoms with E-state index >= 15 is 0 Å². The number of benzene rings is 2. The Labute approximate surface area is 150 Å². The second-order valence-corrected chi connectivity index (χ2v) is 7.64. The molecule has 2 aromatic rings. The molecule has 1 fully saturated rings. The zero-order chi connectivity index (χ0) is 16.8. The van der Waals surface area contributed by atoms with Crippen molar-refractivity contribution in [2.45, 2.75) is 38.1 Å². The predicted octanol–water partition coefficient (Wildman–Crippen LogP) is 4.67. The first kappa shape index (κ1) is 15.2. The summed E-state index contributed by atoms with van der Waals surface area (Å²) >= 11 is 0. The number of hydrogen-bond donors (Lipinski definition) is 0. The Morgan fingerprint density at radius 3 is 2.80 bits per heavy atom. The van der Waals surface area contributed by atoms with Crippen molar-refractivity contribution >= 4 is 11.4 Å². The second-order valence-electron chi connectivity index (χ2n) is 7.64. The van der Waals surface area contributed by atoms with E-state index in [-0.39, 0.29) is 0 Å². The van der Waals surface area contributed by atoms with Crippen LogP contribution in [0.3, 0.4) is 0 Å². The number of rotatable bonds is 2. The average molecular weight is 330 g/mol. The number of anilines is 2. The quantitative estimate of drug-likeness (QED) is 0.738. The molecule has 1 saturated heterocycles. The summed E-state index contributed by atoms with van der Waals surface area (Å²) in [7, 11) is 0. The summed E-state index contributed by atoms with van der Waals surface area (Å²) in [5.74, 6) is 0.639. The van der Waals surface area contributed by atoms with Gasteiger partial charge in [0.1, 0.15) is 0 Å². The van der Waals surface area contributed by atoms with E-state index in [1.165, 1.54) is 42.9 Å². The van der Waals surface area contributed by atoms with E-state index in [2.05, 4.69) is 71.3 Å². The number of likely N-dealkylation sites (tertiary alicyclic amines) is 1. The predicted molar refractivity (Wildman–Crippen MR) is 105 cm³/mol. The fourth-order valence-electron chi connectivity index (χ4n) is 5.14. The van der Waals surface area contributed by atoms with Gasteiger partial charge >= 0.3 is 0 Å². The summed E-state index contributed by atoms with van der Waals surface area (Å²) < 4.78 is 0. The second kappa shape index (κ2) is 6.03. The van der Waals surface area contributed by atoms with Gasteiger partial charge in [0.15, 0.2) is 0 Å². The van der Waals surface area contributed by atoms with Gasteiger partial charge in [-0.05, 0) is 48.9 Å². The third-order valence-corrected chi connectivity index (χ3v) is 6.30. The molecule has 0 amide bonds. The largest absolute Gasteiger partial charge is 0.337 e. The molecule has 3 heterocycles. The molecule has 0 aromatic heterocycles. The van der Waals surface area contributed by atoms with E-state index in [9.17, 15) is 0 Å². The van der Waals surface area contributed by atoms with Crippen LogP contribution in [0.1, 0.15) is 36.0 Å². The smallest absolute Gasteiger partial charge is 0.0483 e. The van der Waals surface area contributed by atoms with Crippen molar-refractivity contribution in [2.75, 3.05) is 24.5 Å². The minimum absolute atomic E-state index is 0.622. The molecule has 0 N–H and O–H groups in total. The van der Waals surface area contributed by atoms with Crippen molar-refractivity contribution in [3.05, 3.63) is 71.3 Å². The van der Waals surface area contributed by atoms with Gasteiger partial charge in [-0.1, -0.05) is 48.6 Å². The normalized spacial score (nSPS) is 24.8. The van der Waals surface area contributed by atoms with Crippen LogP contribution in [-0.4, -0.2) is 30.6 Å². The van der Waals surface area contributed by atoms with Crippen molar-refractivity contribution in [2.24, 2.45) is 0 Å². The van der Waals surface area contributed by atoms with Crippen LogP contribution in [-0.2, 0) is 12.8 Å². The van der Waals surface area contributed by atoms with Crippen molar-refractivity contribution in [1.29, 1.82) is 0 Å². The molecule has 2 nitrogen and oxygen atoms in total. The van der Waals surface area contributed by atoms with Crippen molar-refractivity contribution in [3.63, 3.8) is 0 Å². The minimum Gasteiger partial charge on any atom is -0.337 e. The van der Waals surface area contributed by atoms with Crippen LogP contribution < -0.4 is 4.90 Å². The fourth-order valence-corrected chi connectivity index (χ4v) is 5.14. The average Bonchev–Trinajstić information content (AvgIpc) is 2.88. The van der Waals surface area contributed by atoms with Gasteiger partial charge in [0.25, 0.3) is 0 Å². The third-order valence-electron chi connectivity index (χ3n) is 6.30. The van der Waals surface area contributed by atoms with Gasteiger partial charge in [-0.2, -0.15) is 0 Å². The molecule has 3 aliphatic rings. The van der Waals surface area contributed by atoms with Gasteiger partial charge in [0.2, 0.25) is 0 Å². The first-order valence-electron chi connectivity index (χ1n) is 9.69. The molecule has 2 aromatic carbocycles. The Morgan fingerprint density at radius 1 is 1.04 bits per heavy atom. The summed E-state index contributed by atoms with van der Waals surface area (Å²) in [6, 6.07) is 16.7. The maximum atomic E-state index is 2.71. The summed E-state index contributed by atoms with van der Waals surface area (Å²) in [6.07, 6.45) is 8.05. The molecule has 0 spiro atoms. The molecule has 0 bridgehead atoms. The number of hydrogen-bond acceptors (Lipinski definition) is 2. The number of fused-ring (bicyclic) bond motifs is 5. The third kappa shape index (κ3) is 2.35. The number of aryl methyl sites for hydroxylation is 2. The first-order chi connectivity index (χ1) is 12.4. The molecule has 2 unspecified atom stereocenters. The molecule has 2 heteroatoms. The fraction of sp³-hybridized carbons (Fsp3) is 0.391. The highest BCUT2D eigenvalue weighted by atomic mass is 15.2. The van der Waals surface area contributed by atoms with Crippen LogP contribution in [0.5, 0.6) is 0 Å². The van der Waals surface area contributed by atoms with Crippen LogP contribution in [0, 0.1) is 0 Å². The Balaban J connectivity index is 1.60. The van der Waals surface area contributed by atoms with E-state index in [1.54, 1.807) is 11.1 Å². The monoisotopic (exact) mass is 330 g/mol. The van der Waals surface area contributed by atoms with Gasteiger partial charge in [0, 0.05) is 43.0 Å². The highest BCUT2D eigenvalue weighted by Gasteiger charge is 2.44. The molecular weight excluding hydrogens is 304 g/mol. The van der Waals surface area contributed by atoms with Gasteiger partial charge in [0.05, 0.1) is 0 Å². The molecule has 128 valence electrons. The van der Waals surface area contributed by atoms with Crippen LogP contribution in [0.15, 0.2) is 54.6 Å². The first-order valence-corrected chi connectivity index (χ1v) is 9.69. The maximum Gasteiger partial charge on any atom is 0.0483 e. The highest BCUT2D eigenvalue weighted by molar-refractivity contribution is 5.79. The molecule has 25 heavy (non-hydrogen) atoms. The molecule has 3 aliphatic heterocycles. The number of piperidine rings is 1. The zero-order valence-corrected chi connectivity index (χ0v) is 15.0. The topological polar surface area (TPSA) is 6.48 Å². The Hall–Kier alpha value is -2.06. The van der Waals surface area contributed by atoms with Crippen molar-refractivity contribution < 1.29 is 0 Å². The Bertz CT molecular complexity index is 823. The number of para-hydroxylation sites is 2. The van der Waals surface area contributed by atoms with Gasteiger partial charge < -0.3 is 4.90 Å². The van der Waals surface area contributed by atoms with Crippen LogP contribution in [0.2, 0.25) is 0 Å². The Kier molecular flexibility index (Phi) is 3.67. The van der Waals surface area contributed by atoms with Crippen LogP contribution in [0.25, 0.3) is 0 Å². The van der Waals surface area contributed by atoms with Crippen LogP contribution >= 0.6 is 0 Å². The lowest BCUT2D eigenvalue weighted by Gasteiger charge is -2.39. The summed E-state index contributed by atoms with van der Waals surface area (Å²) in [5, 5.41) is 0. The zero-order valence-electron chi connectivity index (χ0n) is 15.0. The standard InChI is InChI=1S/C23H26N2/c1-2-3-14-24-15-13-22-20(16-24)19-9-6-8-18-12-11-17-7-4-5-10-21(17)25(22)23(18)19/h2-10,20,22H,11-16H2,1H3. The summed E-state index contributed by atoms with van der Waals surface area (Å²) in [4.78, 5) is 5.34. The number of allylic oxidation sites excluding steroid dienone is 1. The van der Waals surface area contributed by atoms with Gasteiger partial charge in [-0.25, -0.2) is 0 Å². The lowest BCUT2D eigenvalue weighted by molar-refractivity contribution is 0.215. The van der Waals surface area contributed by atoms with E-state index in [0.717, 1.165) is 13.0 Å². The molecule has 0 aliphatic carbocycles. The molecule has 0 saturated carbocycles. The summed E-state index contributed by atoms with van der Waals surface area (Å²) in [6.45, 7) is 5.59. The molecule has 0 radical (unpaired) electrons. The van der Waals surface area contributed by atoms with Gasteiger partial charge in [-0.15, -0.1) is 0 Å². The summed E-state index contributed by atoms with van der Waals surface area (Å²) in [5.41, 5.74) is 7.65. The van der Waals surface area contributed by atoms with Crippen molar-refractivity contribution in [1.82, 2.24) is 4.90 Å². The highest BCUT2D eigenvalue weighted by Crippen LogP contribution is 2.52. The minimum atomic E-state index is 0.622. The van der Waals surface area contributed by atoms with E-state index in [0.29, 0.717) is 12.0 Å². The molecule has 2 atom stereocenters. The van der Waals surface area contributed by atoms with Crippen LogP contribution in [0.4, 0.5) is 11.4 Å². The lowest BCUT2D eigenvalue weighted by atomic mass is 9.87. The van der Waals surface area contributed by atoms with E-state index in [4.69, 9.17) is 0 Å².